The van der Waals surface area contributed by atoms with E-state index >= 15 is 0 Å². The van der Waals surface area contributed by atoms with Gasteiger partial charge in [0.05, 0.1) is 22.7 Å². The summed E-state index contributed by atoms with van der Waals surface area (Å²) < 4.78 is 0.171. The fourth-order valence-corrected chi connectivity index (χ4v) is 2.39. The fourth-order valence-electron chi connectivity index (χ4n) is 1.80. The predicted molar refractivity (Wildman–Crippen MR) is 80.9 cm³/mol. The van der Waals surface area contributed by atoms with Gasteiger partial charge in [0, 0.05) is 11.8 Å². The first-order valence-corrected chi connectivity index (χ1v) is 6.92. The van der Waals surface area contributed by atoms with Gasteiger partial charge >= 0.3 is 0 Å². The Kier molecular flexibility index (Phi) is 4.64. The number of benzene rings is 1. The molecule has 1 heterocycles. The summed E-state index contributed by atoms with van der Waals surface area (Å²) in [4.78, 5) is 26.7. The number of hydrogen-bond donors (Lipinski definition) is 1. The molecule has 2 rings (SSSR count). The Balaban J connectivity index is 2.14. The van der Waals surface area contributed by atoms with Crippen molar-refractivity contribution in [1.29, 1.82) is 0 Å². The topological polar surface area (TPSA) is 85.1 Å². The Hall–Kier alpha value is -2.28. The summed E-state index contributed by atoms with van der Waals surface area (Å²) in [5.74, 6) is -0.395. The van der Waals surface area contributed by atoms with Crippen molar-refractivity contribution in [2.24, 2.45) is 0 Å². The number of carbonyl (C=O) groups excluding carboxylic acids is 1. The average Bonchev–Trinajstić information content (AvgIpc) is 2.45. The van der Waals surface area contributed by atoms with Crippen molar-refractivity contribution in [2.75, 3.05) is 0 Å². The minimum absolute atomic E-state index is 0.142. The second kappa shape index (κ2) is 6.45. The minimum atomic E-state index is -0.539. The molecule has 1 N–H and O–H groups in total. The van der Waals surface area contributed by atoms with Crippen LogP contribution in [0.3, 0.4) is 0 Å². The number of nitrogens with one attached hydrogen (secondary N) is 1. The quantitative estimate of drug-likeness (QED) is 0.679. The van der Waals surface area contributed by atoms with E-state index in [1.165, 1.54) is 18.2 Å². The van der Waals surface area contributed by atoms with Crippen molar-refractivity contribution in [2.45, 2.75) is 13.5 Å². The average molecular weight is 350 g/mol. The van der Waals surface area contributed by atoms with Crippen LogP contribution in [-0.4, -0.2) is 15.8 Å². The van der Waals surface area contributed by atoms with Crippen LogP contribution in [0.1, 0.15) is 21.7 Å². The summed E-state index contributed by atoms with van der Waals surface area (Å²) in [6.45, 7) is 2.12. The number of rotatable bonds is 4. The maximum atomic E-state index is 12.1. The smallest absolute Gasteiger partial charge is 0.284 e. The fraction of sp³-hybridized carbons (Fsp3) is 0.143. The SMILES string of the molecule is Cc1cccc(CNC(=O)c2cccc([N+](=O)[O-])c2Br)n1. The number of carbonyl (C=O) groups is 1. The molecule has 0 saturated carbocycles. The predicted octanol–water partition coefficient (Wildman–Crippen LogP) is 2.99. The molecule has 0 saturated heterocycles. The van der Waals surface area contributed by atoms with Crippen LogP contribution >= 0.6 is 15.9 Å². The zero-order valence-electron chi connectivity index (χ0n) is 11.2. The van der Waals surface area contributed by atoms with Crippen LogP contribution in [0.2, 0.25) is 0 Å². The second-order valence-corrected chi connectivity index (χ2v) is 5.14. The first-order chi connectivity index (χ1) is 9.99. The van der Waals surface area contributed by atoms with Crippen LogP contribution in [0.25, 0.3) is 0 Å². The molecule has 6 nitrogen and oxygen atoms in total. The largest absolute Gasteiger partial charge is 0.346 e. The molecular weight excluding hydrogens is 338 g/mol. The van der Waals surface area contributed by atoms with E-state index in [1.807, 2.05) is 19.1 Å². The lowest BCUT2D eigenvalue weighted by Gasteiger charge is -2.07. The van der Waals surface area contributed by atoms with Gasteiger partial charge in [-0.3, -0.25) is 19.9 Å². The molecule has 1 aromatic heterocycles. The van der Waals surface area contributed by atoms with Gasteiger partial charge < -0.3 is 5.32 Å². The summed E-state index contributed by atoms with van der Waals surface area (Å²) in [6, 6.07) is 9.85. The molecule has 2 aromatic rings. The van der Waals surface area contributed by atoms with Crippen LogP contribution in [0.4, 0.5) is 5.69 Å². The third-order valence-corrected chi connectivity index (χ3v) is 3.63. The van der Waals surface area contributed by atoms with Crippen molar-refractivity contribution < 1.29 is 9.72 Å². The van der Waals surface area contributed by atoms with Crippen LogP contribution in [0.5, 0.6) is 0 Å². The highest BCUT2D eigenvalue weighted by atomic mass is 79.9. The van der Waals surface area contributed by atoms with E-state index in [9.17, 15) is 14.9 Å². The molecule has 0 radical (unpaired) electrons. The van der Waals surface area contributed by atoms with Crippen molar-refractivity contribution in [3.8, 4) is 0 Å². The lowest BCUT2D eigenvalue weighted by molar-refractivity contribution is -0.385. The zero-order chi connectivity index (χ0) is 15.4. The van der Waals surface area contributed by atoms with E-state index in [2.05, 4.69) is 26.2 Å². The Morgan fingerprint density at radius 2 is 2.05 bits per heavy atom. The Morgan fingerprint density at radius 1 is 1.33 bits per heavy atom. The number of aryl methyl sites for hydroxylation is 1. The highest BCUT2D eigenvalue weighted by Gasteiger charge is 2.19. The molecule has 0 aliphatic carbocycles. The maximum absolute atomic E-state index is 12.1. The van der Waals surface area contributed by atoms with E-state index in [0.717, 1.165) is 11.4 Å². The van der Waals surface area contributed by atoms with Crippen LogP contribution < -0.4 is 5.32 Å². The van der Waals surface area contributed by atoms with Gasteiger partial charge in [-0.15, -0.1) is 0 Å². The Morgan fingerprint density at radius 3 is 2.71 bits per heavy atom. The number of hydrogen-bond acceptors (Lipinski definition) is 4. The van der Waals surface area contributed by atoms with Gasteiger partial charge in [-0.1, -0.05) is 12.1 Å². The van der Waals surface area contributed by atoms with E-state index < -0.39 is 10.8 Å². The third kappa shape index (κ3) is 3.63. The highest BCUT2D eigenvalue weighted by molar-refractivity contribution is 9.10. The third-order valence-electron chi connectivity index (χ3n) is 2.80. The summed E-state index contributed by atoms with van der Waals surface area (Å²) in [7, 11) is 0. The zero-order valence-corrected chi connectivity index (χ0v) is 12.8. The van der Waals surface area contributed by atoms with E-state index in [1.54, 1.807) is 6.07 Å². The molecule has 0 atom stereocenters. The molecule has 0 spiro atoms. The van der Waals surface area contributed by atoms with Crippen molar-refractivity contribution >= 4 is 27.5 Å². The Labute approximate surface area is 129 Å². The number of amides is 1. The molecule has 0 aliphatic rings. The molecule has 0 aliphatic heterocycles. The van der Waals surface area contributed by atoms with Gasteiger partial charge in [-0.05, 0) is 41.1 Å². The number of nitro benzene ring substituents is 1. The summed E-state index contributed by atoms with van der Waals surface area (Å²) in [5.41, 5.74) is 1.66. The normalized spacial score (nSPS) is 10.2. The maximum Gasteiger partial charge on any atom is 0.284 e. The van der Waals surface area contributed by atoms with E-state index in [-0.39, 0.29) is 22.3 Å². The number of nitrogens with zero attached hydrogens (tertiary/aromatic N) is 2. The lowest BCUT2D eigenvalue weighted by atomic mass is 10.2. The van der Waals surface area contributed by atoms with Crippen molar-refractivity contribution in [3.63, 3.8) is 0 Å². The van der Waals surface area contributed by atoms with Gasteiger partial charge in [0.15, 0.2) is 0 Å². The molecule has 0 bridgehead atoms. The molecule has 0 unspecified atom stereocenters. The van der Waals surface area contributed by atoms with Gasteiger partial charge in [0.25, 0.3) is 11.6 Å². The molecule has 7 heteroatoms. The molecule has 1 aromatic carbocycles. The summed E-state index contributed by atoms with van der Waals surface area (Å²) >= 11 is 3.10. The van der Waals surface area contributed by atoms with Crippen LogP contribution in [0.15, 0.2) is 40.9 Å². The number of nitro groups is 1. The first-order valence-electron chi connectivity index (χ1n) is 6.12. The van der Waals surface area contributed by atoms with Crippen LogP contribution in [0, 0.1) is 17.0 Å². The van der Waals surface area contributed by atoms with Gasteiger partial charge in [-0.25, -0.2) is 0 Å². The summed E-state index contributed by atoms with van der Waals surface area (Å²) in [5, 5.41) is 13.5. The van der Waals surface area contributed by atoms with Crippen molar-refractivity contribution in [3.05, 3.63) is 67.9 Å². The lowest BCUT2D eigenvalue weighted by Crippen LogP contribution is -2.24. The molecule has 0 fully saturated rings. The highest BCUT2D eigenvalue weighted by Crippen LogP contribution is 2.28. The van der Waals surface area contributed by atoms with E-state index in [0.29, 0.717) is 0 Å². The van der Waals surface area contributed by atoms with Crippen molar-refractivity contribution in [1.82, 2.24) is 10.3 Å². The second-order valence-electron chi connectivity index (χ2n) is 4.35. The molecule has 108 valence electrons. The molecular formula is C14H12BrN3O3. The van der Waals surface area contributed by atoms with Gasteiger partial charge in [0.1, 0.15) is 4.47 Å². The number of aromatic nitrogens is 1. The summed E-state index contributed by atoms with van der Waals surface area (Å²) in [6.07, 6.45) is 0. The standard InChI is InChI=1S/C14H12BrN3O3/c1-9-4-2-5-10(17-9)8-16-14(19)11-6-3-7-12(13(11)15)18(20)21/h2-7H,8H2,1H3,(H,16,19). The van der Waals surface area contributed by atoms with Gasteiger partial charge in [0.2, 0.25) is 0 Å². The first kappa shape index (κ1) is 15.1. The monoisotopic (exact) mass is 349 g/mol. The van der Waals surface area contributed by atoms with E-state index in [4.69, 9.17) is 0 Å². The van der Waals surface area contributed by atoms with Gasteiger partial charge in [-0.2, -0.15) is 0 Å². The number of halogens is 1. The molecule has 21 heavy (non-hydrogen) atoms. The number of pyridine rings is 1. The van der Waals surface area contributed by atoms with Crippen LogP contribution in [-0.2, 0) is 6.54 Å². The Bertz CT molecular complexity index is 704. The molecule has 1 amide bonds. The minimum Gasteiger partial charge on any atom is -0.346 e.